The minimum absolute atomic E-state index is 0.177. The SMILES string of the molecule is COc1ccc(C[NH+](C)[C@H](C)C(=O)Nc2ccc(C(N)=O)cc2)cc1F. The van der Waals surface area contributed by atoms with Crippen LogP contribution in [0.3, 0.4) is 0 Å². The molecular weight excluding hydrogens is 337 g/mol. The number of carbonyl (C=O) groups is 2. The molecule has 0 saturated carbocycles. The van der Waals surface area contributed by atoms with Crippen LogP contribution in [0.5, 0.6) is 5.75 Å². The third-order valence-electron chi connectivity index (χ3n) is 4.27. The molecule has 2 atom stereocenters. The first-order chi connectivity index (χ1) is 12.3. The predicted molar refractivity (Wildman–Crippen MR) is 96.6 cm³/mol. The summed E-state index contributed by atoms with van der Waals surface area (Å²) in [6.07, 6.45) is 0. The molecule has 2 aromatic rings. The van der Waals surface area contributed by atoms with Gasteiger partial charge in [-0.1, -0.05) is 0 Å². The zero-order valence-electron chi connectivity index (χ0n) is 15.0. The Bertz CT molecular complexity index is 793. The molecule has 26 heavy (non-hydrogen) atoms. The van der Waals surface area contributed by atoms with E-state index in [9.17, 15) is 14.0 Å². The number of methoxy groups -OCH3 is 1. The highest BCUT2D eigenvalue weighted by Gasteiger charge is 2.22. The van der Waals surface area contributed by atoms with Crippen LogP contribution in [0.1, 0.15) is 22.8 Å². The maximum Gasteiger partial charge on any atom is 0.282 e. The number of anilines is 1. The summed E-state index contributed by atoms with van der Waals surface area (Å²) in [6.45, 7) is 2.28. The Morgan fingerprint density at radius 1 is 1.23 bits per heavy atom. The van der Waals surface area contributed by atoms with Gasteiger partial charge in [-0.15, -0.1) is 0 Å². The number of likely N-dealkylation sites (N-methyl/N-ethyl adjacent to an activating group) is 1. The largest absolute Gasteiger partial charge is 0.494 e. The Morgan fingerprint density at radius 2 is 1.88 bits per heavy atom. The Labute approximate surface area is 151 Å². The van der Waals surface area contributed by atoms with Gasteiger partial charge in [0, 0.05) is 16.8 Å². The van der Waals surface area contributed by atoms with Crippen LogP contribution in [0.2, 0.25) is 0 Å². The molecule has 0 fully saturated rings. The molecule has 2 rings (SSSR count). The number of halogens is 1. The number of hydrogen-bond donors (Lipinski definition) is 3. The van der Waals surface area contributed by atoms with Crippen LogP contribution in [0.15, 0.2) is 42.5 Å². The van der Waals surface area contributed by atoms with Gasteiger partial charge in [0.1, 0.15) is 6.54 Å². The molecule has 2 aromatic carbocycles. The summed E-state index contributed by atoms with van der Waals surface area (Å²) in [4.78, 5) is 24.4. The zero-order valence-corrected chi connectivity index (χ0v) is 15.0. The topological polar surface area (TPSA) is 85.9 Å². The third kappa shape index (κ3) is 4.80. The molecule has 0 aliphatic rings. The van der Waals surface area contributed by atoms with Crippen molar-refractivity contribution in [2.45, 2.75) is 19.5 Å². The molecule has 0 radical (unpaired) electrons. The van der Waals surface area contributed by atoms with Gasteiger partial charge in [-0.2, -0.15) is 0 Å². The number of amides is 2. The summed E-state index contributed by atoms with van der Waals surface area (Å²) in [5, 5.41) is 2.80. The van der Waals surface area contributed by atoms with E-state index in [-0.39, 0.29) is 17.7 Å². The molecule has 0 aliphatic carbocycles. The van der Waals surface area contributed by atoms with Gasteiger partial charge in [-0.3, -0.25) is 9.59 Å². The van der Waals surface area contributed by atoms with Crippen LogP contribution in [0.25, 0.3) is 0 Å². The van der Waals surface area contributed by atoms with Crippen LogP contribution in [0.4, 0.5) is 10.1 Å². The van der Waals surface area contributed by atoms with Crippen molar-refractivity contribution in [1.82, 2.24) is 0 Å². The molecule has 0 spiro atoms. The second kappa shape index (κ2) is 8.44. The number of nitrogens with one attached hydrogen (secondary N) is 2. The van der Waals surface area contributed by atoms with Gasteiger partial charge in [0.2, 0.25) is 5.91 Å². The maximum atomic E-state index is 13.8. The Morgan fingerprint density at radius 3 is 2.42 bits per heavy atom. The number of benzene rings is 2. The van der Waals surface area contributed by atoms with Gasteiger partial charge in [0.05, 0.1) is 14.2 Å². The van der Waals surface area contributed by atoms with E-state index in [1.165, 1.54) is 13.2 Å². The lowest BCUT2D eigenvalue weighted by molar-refractivity contribution is -0.907. The van der Waals surface area contributed by atoms with Crippen molar-refractivity contribution in [3.63, 3.8) is 0 Å². The molecular formula is C19H23FN3O3+. The summed E-state index contributed by atoms with van der Waals surface area (Å²) in [7, 11) is 3.28. The van der Waals surface area contributed by atoms with Crippen molar-refractivity contribution in [3.8, 4) is 5.75 Å². The molecule has 0 aromatic heterocycles. The molecule has 0 bridgehead atoms. The van der Waals surface area contributed by atoms with Crippen molar-refractivity contribution in [1.29, 1.82) is 0 Å². The summed E-state index contributed by atoms with van der Waals surface area (Å²) in [5.41, 5.74) is 6.91. The average Bonchev–Trinajstić information content (AvgIpc) is 2.61. The van der Waals surface area contributed by atoms with E-state index in [2.05, 4.69) is 5.32 Å². The number of nitrogens with two attached hydrogens (primary N) is 1. The number of quaternary nitrogens is 1. The average molecular weight is 360 g/mol. The van der Waals surface area contributed by atoms with E-state index in [1.54, 1.807) is 43.3 Å². The summed E-state index contributed by atoms with van der Waals surface area (Å²) >= 11 is 0. The summed E-state index contributed by atoms with van der Waals surface area (Å²) in [6, 6.07) is 10.8. The van der Waals surface area contributed by atoms with Gasteiger partial charge in [-0.05, 0) is 49.4 Å². The lowest BCUT2D eigenvalue weighted by Gasteiger charge is -2.21. The first kappa shape index (κ1) is 19.4. The summed E-state index contributed by atoms with van der Waals surface area (Å²) < 4.78 is 18.7. The van der Waals surface area contributed by atoms with Crippen molar-refractivity contribution < 1.29 is 23.6 Å². The van der Waals surface area contributed by atoms with E-state index in [4.69, 9.17) is 10.5 Å². The maximum absolute atomic E-state index is 13.8. The van der Waals surface area contributed by atoms with Crippen LogP contribution >= 0.6 is 0 Å². The molecule has 6 nitrogen and oxygen atoms in total. The van der Waals surface area contributed by atoms with Gasteiger partial charge < -0.3 is 20.7 Å². The van der Waals surface area contributed by atoms with Gasteiger partial charge in [0.25, 0.3) is 5.91 Å². The number of ether oxygens (including phenoxy) is 1. The minimum Gasteiger partial charge on any atom is -0.494 e. The third-order valence-corrected chi connectivity index (χ3v) is 4.27. The standard InChI is InChI=1S/C19H22FN3O3/c1-12(19(25)22-15-7-5-14(6-8-15)18(21)24)23(2)11-13-4-9-17(26-3)16(20)10-13/h4-10,12H,11H2,1-3H3,(H2,21,24)(H,22,25)/p+1/t12-/m1/s1. The second-order valence-electron chi connectivity index (χ2n) is 6.14. The van der Waals surface area contributed by atoms with Gasteiger partial charge in [0.15, 0.2) is 17.6 Å². The quantitative estimate of drug-likeness (QED) is 0.688. The highest BCUT2D eigenvalue weighted by Crippen LogP contribution is 2.17. The van der Waals surface area contributed by atoms with E-state index in [1.807, 2.05) is 7.05 Å². The number of primary amides is 1. The normalized spacial score (nSPS) is 12.9. The van der Waals surface area contributed by atoms with Crippen LogP contribution in [-0.2, 0) is 11.3 Å². The first-order valence-electron chi connectivity index (χ1n) is 8.17. The van der Waals surface area contributed by atoms with Crippen LogP contribution in [-0.4, -0.2) is 32.0 Å². The fraction of sp³-hybridized carbons (Fsp3) is 0.263. The lowest BCUT2D eigenvalue weighted by atomic mass is 10.1. The van der Waals surface area contributed by atoms with Crippen LogP contribution < -0.4 is 20.7 Å². The lowest BCUT2D eigenvalue weighted by Crippen LogP contribution is -3.12. The molecule has 0 aliphatic heterocycles. The smallest absolute Gasteiger partial charge is 0.282 e. The van der Waals surface area contributed by atoms with Gasteiger partial charge in [-0.25, -0.2) is 4.39 Å². The molecule has 0 heterocycles. The van der Waals surface area contributed by atoms with Gasteiger partial charge >= 0.3 is 0 Å². The van der Waals surface area contributed by atoms with Crippen molar-refractivity contribution in [2.24, 2.45) is 5.73 Å². The Kier molecular flexibility index (Phi) is 6.30. The minimum atomic E-state index is -0.521. The fourth-order valence-electron chi connectivity index (χ4n) is 2.49. The Balaban J connectivity index is 1.98. The molecule has 4 N–H and O–H groups in total. The first-order valence-corrected chi connectivity index (χ1v) is 8.17. The molecule has 138 valence electrons. The second-order valence-corrected chi connectivity index (χ2v) is 6.14. The van der Waals surface area contributed by atoms with E-state index in [0.29, 0.717) is 17.8 Å². The van der Waals surface area contributed by atoms with E-state index >= 15 is 0 Å². The van der Waals surface area contributed by atoms with Crippen molar-refractivity contribution in [3.05, 3.63) is 59.4 Å². The fourth-order valence-corrected chi connectivity index (χ4v) is 2.49. The predicted octanol–water partition coefficient (Wildman–Crippen LogP) is 0.975. The molecule has 7 heteroatoms. The zero-order chi connectivity index (χ0) is 19.3. The number of hydrogen-bond acceptors (Lipinski definition) is 3. The van der Waals surface area contributed by atoms with Crippen LogP contribution in [0, 0.1) is 5.82 Å². The van der Waals surface area contributed by atoms with E-state index < -0.39 is 11.7 Å². The number of carbonyl (C=O) groups excluding carboxylic acids is 2. The van der Waals surface area contributed by atoms with Crippen molar-refractivity contribution >= 4 is 17.5 Å². The van der Waals surface area contributed by atoms with E-state index in [0.717, 1.165) is 10.5 Å². The highest BCUT2D eigenvalue weighted by atomic mass is 19.1. The monoisotopic (exact) mass is 360 g/mol. The molecule has 1 unspecified atom stereocenters. The molecule has 0 saturated heterocycles. The number of rotatable bonds is 7. The Hall–Kier alpha value is -2.93. The highest BCUT2D eigenvalue weighted by molar-refractivity contribution is 5.95. The van der Waals surface area contributed by atoms with Crippen molar-refractivity contribution in [2.75, 3.05) is 19.5 Å². The molecule has 2 amide bonds. The summed E-state index contributed by atoms with van der Waals surface area (Å²) in [5.74, 6) is -0.934.